The van der Waals surface area contributed by atoms with Crippen molar-refractivity contribution in [3.05, 3.63) is 104 Å². The summed E-state index contributed by atoms with van der Waals surface area (Å²) in [5.74, 6) is 0.314. The van der Waals surface area contributed by atoms with Crippen LogP contribution in [0.1, 0.15) is 27.6 Å². The number of hydrogen-bond donors (Lipinski definition) is 0. The molecule has 1 aliphatic rings. The second-order valence-corrected chi connectivity index (χ2v) is 7.36. The predicted molar refractivity (Wildman–Crippen MR) is 110 cm³/mol. The van der Waals surface area contributed by atoms with E-state index in [1.165, 1.54) is 0 Å². The summed E-state index contributed by atoms with van der Waals surface area (Å²) in [4.78, 5) is 13.3. The second-order valence-electron chi connectivity index (χ2n) is 6.11. The van der Waals surface area contributed by atoms with Crippen molar-refractivity contribution in [2.24, 2.45) is 0 Å². The highest BCUT2D eigenvalue weighted by atomic mass is 35.5. The van der Waals surface area contributed by atoms with Crippen molar-refractivity contribution in [1.29, 1.82) is 0 Å². The molecular formula is C22H13Cl3O2. The lowest BCUT2D eigenvalue weighted by Gasteiger charge is -2.29. The van der Waals surface area contributed by atoms with E-state index in [-0.39, 0.29) is 5.78 Å². The van der Waals surface area contributed by atoms with Gasteiger partial charge < -0.3 is 4.74 Å². The zero-order chi connectivity index (χ0) is 19.0. The number of rotatable bonds is 2. The molecule has 0 N–H and O–H groups in total. The van der Waals surface area contributed by atoms with Gasteiger partial charge in [0.25, 0.3) is 0 Å². The Labute approximate surface area is 171 Å². The van der Waals surface area contributed by atoms with Crippen LogP contribution in [0.15, 0.2) is 72.3 Å². The van der Waals surface area contributed by atoms with Crippen molar-refractivity contribution < 1.29 is 9.53 Å². The SMILES string of the molecule is O=C1/C(=C/c2ccccc2Cl)C(c2ccccc2Cl)Oc2ccc(Cl)cc21. The molecule has 5 heteroatoms. The fraction of sp³-hybridized carbons (Fsp3) is 0.0455. The van der Waals surface area contributed by atoms with Gasteiger partial charge in [0.15, 0.2) is 11.9 Å². The van der Waals surface area contributed by atoms with E-state index in [2.05, 4.69) is 0 Å². The Bertz CT molecular complexity index is 1070. The maximum Gasteiger partial charge on any atom is 0.196 e. The van der Waals surface area contributed by atoms with Gasteiger partial charge in [-0.25, -0.2) is 0 Å². The number of benzene rings is 3. The molecule has 0 bridgehead atoms. The van der Waals surface area contributed by atoms with Crippen LogP contribution in [0, 0.1) is 0 Å². The number of halogens is 3. The lowest BCUT2D eigenvalue weighted by Crippen LogP contribution is -2.24. The van der Waals surface area contributed by atoms with Gasteiger partial charge in [-0.1, -0.05) is 71.2 Å². The number of ketones is 1. The normalized spacial score (nSPS) is 17.5. The third-order valence-electron chi connectivity index (χ3n) is 4.38. The van der Waals surface area contributed by atoms with Crippen LogP contribution in [0.5, 0.6) is 5.75 Å². The topological polar surface area (TPSA) is 26.3 Å². The van der Waals surface area contributed by atoms with E-state index < -0.39 is 6.10 Å². The summed E-state index contributed by atoms with van der Waals surface area (Å²) in [5.41, 5.74) is 2.31. The van der Waals surface area contributed by atoms with Gasteiger partial charge in [-0.2, -0.15) is 0 Å². The Morgan fingerprint density at radius 3 is 2.30 bits per heavy atom. The minimum Gasteiger partial charge on any atom is -0.480 e. The maximum absolute atomic E-state index is 13.3. The van der Waals surface area contributed by atoms with E-state index in [0.29, 0.717) is 37.5 Å². The number of fused-ring (bicyclic) bond motifs is 1. The Morgan fingerprint density at radius 1 is 0.852 bits per heavy atom. The number of carbonyl (C=O) groups excluding carboxylic acids is 1. The van der Waals surface area contributed by atoms with Crippen molar-refractivity contribution in [2.75, 3.05) is 0 Å². The number of hydrogen-bond acceptors (Lipinski definition) is 2. The zero-order valence-electron chi connectivity index (χ0n) is 14.0. The first-order chi connectivity index (χ1) is 13.0. The summed E-state index contributed by atoms with van der Waals surface area (Å²) >= 11 is 18.8. The van der Waals surface area contributed by atoms with Crippen LogP contribution in [0.2, 0.25) is 15.1 Å². The van der Waals surface area contributed by atoms with E-state index in [1.807, 2.05) is 36.4 Å². The first kappa shape index (κ1) is 18.1. The summed E-state index contributed by atoms with van der Waals surface area (Å²) in [6.07, 6.45) is 1.11. The fourth-order valence-electron chi connectivity index (χ4n) is 3.07. The van der Waals surface area contributed by atoms with E-state index >= 15 is 0 Å². The molecule has 0 radical (unpaired) electrons. The molecule has 0 fully saturated rings. The molecule has 3 aromatic rings. The smallest absolute Gasteiger partial charge is 0.196 e. The summed E-state index contributed by atoms with van der Waals surface area (Å²) in [7, 11) is 0. The average Bonchev–Trinajstić information content (AvgIpc) is 2.66. The Morgan fingerprint density at radius 2 is 1.56 bits per heavy atom. The van der Waals surface area contributed by atoms with Crippen molar-refractivity contribution >= 4 is 46.7 Å². The van der Waals surface area contributed by atoms with E-state index in [4.69, 9.17) is 39.5 Å². The third kappa shape index (κ3) is 3.49. The minimum atomic E-state index is -0.642. The molecule has 0 spiro atoms. The van der Waals surface area contributed by atoms with Crippen molar-refractivity contribution in [3.63, 3.8) is 0 Å². The van der Waals surface area contributed by atoms with Gasteiger partial charge >= 0.3 is 0 Å². The molecule has 0 amide bonds. The summed E-state index contributed by atoms with van der Waals surface area (Å²) in [6, 6.07) is 19.6. The van der Waals surface area contributed by atoms with Gasteiger partial charge in [-0.15, -0.1) is 0 Å². The zero-order valence-corrected chi connectivity index (χ0v) is 16.2. The van der Waals surface area contributed by atoms with Gasteiger partial charge in [0.1, 0.15) is 5.75 Å². The molecule has 2 nitrogen and oxygen atoms in total. The molecule has 0 aromatic heterocycles. The van der Waals surface area contributed by atoms with Gasteiger partial charge in [0, 0.05) is 26.2 Å². The average molecular weight is 416 g/mol. The molecule has 27 heavy (non-hydrogen) atoms. The highest BCUT2D eigenvalue weighted by molar-refractivity contribution is 6.33. The molecular weight excluding hydrogens is 403 g/mol. The first-order valence-corrected chi connectivity index (χ1v) is 9.39. The molecule has 0 saturated heterocycles. The van der Waals surface area contributed by atoms with Crippen molar-refractivity contribution in [3.8, 4) is 5.75 Å². The molecule has 134 valence electrons. The van der Waals surface area contributed by atoms with Crippen molar-refractivity contribution in [1.82, 2.24) is 0 Å². The minimum absolute atomic E-state index is 0.163. The van der Waals surface area contributed by atoms with Crippen LogP contribution >= 0.6 is 34.8 Å². The summed E-state index contributed by atoms with van der Waals surface area (Å²) in [6.45, 7) is 0. The predicted octanol–water partition coefficient (Wildman–Crippen LogP) is 7.05. The number of ether oxygens (including phenoxy) is 1. The molecule has 0 saturated carbocycles. The van der Waals surface area contributed by atoms with Crippen LogP contribution < -0.4 is 4.74 Å². The van der Waals surface area contributed by atoms with E-state index in [1.54, 1.807) is 36.4 Å². The Balaban J connectivity index is 1.92. The second kappa shape index (κ2) is 7.40. The molecule has 1 atom stereocenters. The quantitative estimate of drug-likeness (QED) is 0.419. The Kier molecular flexibility index (Phi) is 4.96. The van der Waals surface area contributed by atoms with Gasteiger partial charge in [0.2, 0.25) is 0 Å². The van der Waals surface area contributed by atoms with Crippen LogP contribution in [-0.4, -0.2) is 5.78 Å². The molecule has 1 aliphatic heterocycles. The number of carbonyl (C=O) groups is 1. The monoisotopic (exact) mass is 414 g/mol. The molecule has 4 rings (SSSR count). The standard InChI is InChI=1S/C22H13Cl3O2/c23-14-9-10-20-16(12-14)21(26)17(11-13-5-1-3-7-18(13)24)22(27-20)15-6-2-4-8-19(15)25/h1-12,22H/b17-11-. The first-order valence-electron chi connectivity index (χ1n) is 8.26. The van der Waals surface area contributed by atoms with Crippen LogP contribution in [0.4, 0.5) is 0 Å². The van der Waals surface area contributed by atoms with Gasteiger partial charge in [0.05, 0.1) is 5.56 Å². The van der Waals surface area contributed by atoms with E-state index in [9.17, 15) is 4.79 Å². The summed E-state index contributed by atoms with van der Waals surface area (Å²) < 4.78 is 6.17. The van der Waals surface area contributed by atoms with Crippen LogP contribution in [0.25, 0.3) is 6.08 Å². The van der Waals surface area contributed by atoms with Gasteiger partial charge in [-0.05, 0) is 42.0 Å². The molecule has 1 unspecified atom stereocenters. The van der Waals surface area contributed by atoms with E-state index in [0.717, 1.165) is 5.56 Å². The third-order valence-corrected chi connectivity index (χ3v) is 5.30. The lowest BCUT2D eigenvalue weighted by atomic mass is 9.89. The molecule has 0 aliphatic carbocycles. The highest BCUT2D eigenvalue weighted by Gasteiger charge is 2.34. The molecule has 1 heterocycles. The summed E-state index contributed by atoms with van der Waals surface area (Å²) in [5, 5.41) is 1.55. The van der Waals surface area contributed by atoms with Crippen LogP contribution in [-0.2, 0) is 0 Å². The fourth-order valence-corrected chi connectivity index (χ4v) is 3.66. The highest BCUT2D eigenvalue weighted by Crippen LogP contribution is 2.42. The lowest BCUT2D eigenvalue weighted by molar-refractivity contribution is 0.0963. The molecule has 3 aromatic carbocycles. The van der Waals surface area contributed by atoms with Crippen molar-refractivity contribution in [2.45, 2.75) is 6.10 Å². The van der Waals surface area contributed by atoms with Gasteiger partial charge in [-0.3, -0.25) is 4.79 Å². The largest absolute Gasteiger partial charge is 0.480 e. The maximum atomic E-state index is 13.3. The number of Topliss-reactive ketones (excluding diaryl/α,β-unsaturated/α-hetero) is 1. The Hall–Kier alpha value is -2.26. The van der Waals surface area contributed by atoms with Crippen LogP contribution in [0.3, 0.4) is 0 Å².